The molecule has 1 aromatic heterocycles. The van der Waals surface area contributed by atoms with Crippen LogP contribution in [0.3, 0.4) is 0 Å². The number of Topliss-reactive ketones (excluding diaryl/α,β-unsaturated/α-hetero) is 1. The molecular weight excluding hydrogens is 384 g/mol. The standard InChI is InChI=1S/C22H22N4O2S/c1-25-21(26-8-10-28-11-9-26)23-24-22(25)29-14-20(27)17-7-6-16-12-15-4-2-3-5-18(15)19(16)13-17/h2-7,13H,8-12,14H2,1H3. The molecule has 0 amide bonds. The van der Waals surface area contributed by atoms with Gasteiger partial charge in [0.1, 0.15) is 0 Å². The number of aromatic nitrogens is 3. The number of morpholine rings is 1. The van der Waals surface area contributed by atoms with Gasteiger partial charge in [-0.15, -0.1) is 10.2 Å². The van der Waals surface area contributed by atoms with E-state index in [1.165, 1.54) is 34.0 Å². The molecule has 0 radical (unpaired) electrons. The number of carbonyl (C=O) groups excluding carboxylic acids is 1. The van der Waals surface area contributed by atoms with Crippen LogP contribution in [0, 0.1) is 0 Å². The van der Waals surface area contributed by atoms with Crippen LogP contribution in [0.4, 0.5) is 5.95 Å². The average molecular weight is 407 g/mol. The predicted octanol–water partition coefficient (Wildman–Crippen LogP) is 3.20. The van der Waals surface area contributed by atoms with Gasteiger partial charge in [0.05, 0.1) is 19.0 Å². The van der Waals surface area contributed by atoms with Crippen LogP contribution in [0.25, 0.3) is 11.1 Å². The second kappa shape index (κ2) is 7.65. The van der Waals surface area contributed by atoms with Gasteiger partial charge in [-0.2, -0.15) is 0 Å². The van der Waals surface area contributed by atoms with Crippen LogP contribution in [-0.2, 0) is 18.2 Å². The van der Waals surface area contributed by atoms with Crippen LogP contribution in [0.2, 0.25) is 0 Å². The van der Waals surface area contributed by atoms with E-state index < -0.39 is 0 Å². The molecule has 5 rings (SSSR count). The molecule has 0 unspecified atom stereocenters. The summed E-state index contributed by atoms with van der Waals surface area (Å²) in [5.41, 5.74) is 5.80. The van der Waals surface area contributed by atoms with Crippen molar-refractivity contribution >= 4 is 23.5 Å². The normalized spacial score (nSPS) is 15.3. The minimum atomic E-state index is 0.109. The minimum absolute atomic E-state index is 0.109. The van der Waals surface area contributed by atoms with E-state index in [9.17, 15) is 4.79 Å². The third-order valence-corrected chi connectivity index (χ3v) is 6.58. The van der Waals surface area contributed by atoms with E-state index in [0.29, 0.717) is 19.0 Å². The van der Waals surface area contributed by atoms with Crippen LogP contribution in [-0.4, -0.2) is 52.6 Å². The van der Waals surface area contributed by atoms with Gasteiger partial charge in [0, 0.05) is 25.7 Å². The van der Waals surface area contributed by atoms with Crippen molar-refractivity contribution in [1.29, 1.82) is 0 Å². The Morgan fingerprint density at radius 2 is 1.86 bits per heavy atom. The summed E-state index contributed by atoms with van der Waals surface area (Å²) >= 11 is 1.44. The highest BCUT2D eigenvalue weighted by molar-refractivity contribution is 7.99. The van der Waals surface area contributed by atoms with Gasteiger partial charge < -0.3 is 9.64 Å². The Labute approximate surface area is 173 Å². The lowest BCUT2D eigenvalue weighted by molar-refractivity contribution is 0.102. The molecule has 29 heavy (non-hydrogen) atoms. The third kappa shape index (κ3) is 3.45. The van der Waals surface area contributed by atoms with Gasteiger partial charge in [-0.3, -0.25) is 9.36 Å². The Kier molecular flexibility index (Phi) is 4.85. The molecule has 0 atom stereocenters. The van der Waals surface area contributed by atoms with Crippen LogP contribution in [0.15, 0.2) is 47.6 Å². The predicted molar refractivity (Wildman–Crippen MR) is 114 cm³/mol. The second-order valence-corrected chi connectivity index (χ2v) is 8.30. The number of fused-ring (bicyclic) bond motifs is 3. The van der Waals surface area contributed by atoms with Crippen molar-refractivity contribution in [2.24, 2.45) is 7.05 Å². The molecule has 0 bridgehead atoms. The lowest BCUT2D eigenvalue weighted by Gasteiger charge is -2.27. The van der Waals surface area contributed by atoms with Gasteiger partial charge in [0.2, 0.25) is 5.95 Å². The van der Waals surface area contributed by atoms with E-state index in [1.807, 2.05) is 23.7 Å². The average Bonchev–Trinajstić information content (AvgIpc) is 3.32. The Hall–Kier alpha value is -2.64. The van der Waals surface area contributed by atoms with Crippen molar-refractivity contribution in [3.8, 4) is 11.1 Å². The zero-order valence-electron chi connectivity index (χ0n) is 16.3. The smallest absolute Gasteiger partial charge is 0.227 e. The van der Waals surface area contributed by atoms with E-state index in [2.05, 4.69) is 45.4 Å². The molecule has 0 spiro atoms. The molecule has 2 aliphatic rings. The number of ether oxygens (including phenoxy) is 1. The zero-order chi connectivity index (χ0) is 19.8. The summed E-state index contributed by atoms with van der Waals surface area (Å²) in [5.74, 6) is 1.28. The number of ketones is 1. The van der Waals surface area contributed by atoms with Crippen LogP contribution < -0.4 is 4.90 Å². The van der Waals surface area contributed by atoms with Crippen LogP contribution in [0.1, 0.15) is 21.5 Å². The highest BCUT2D eigenvalue weighted by atomic mass is 32.2. The largest absolute Gasteiger partial charge is 0.378 e. The number of hydrogen-bond donors (Lipinski definition) is 0. The van der Waals surface area contributed by atoms with Gasteiger partial charge in [-0.05, 0) is 34.7 Å². The lowest BCUT2D eigenvalue weighted by Crippen LogP contribution is -2.37. The fourth-order valence-electron chi connectivity index (χ4n) is 3.98. The zero-order valence-corrected chi connectivity index (χ0v) is 17.1. The molecule has 6 nitrogen and oxygen atoms in total. The maximum Gasteiger partial charge on any atom is 0.227 e. The van der Waals surface area contributed by atoms with E-state index in [4.69, 9.17) is 4.74 Å². The molecule has 2 aromatic carbocycles. The summed E-state index contributed by atoms with van der Waals surface area (Å²) in [4.78, 5) is 15.0. The number of rotatable bonds is 5. The fourth-order valence-corrected chi connectivity index (χ4v) is 4.78. The molecule has 0 N–H and O–H groups in total. The number of hydrogen-bond acceptors (Lipinski definition) is 6. The topological polar surface area (TPSA) is 60.2 Å². The highest BCUT2D eigenvalue weighted by Crippen LogP contribution is 2.37. The summed E-state index contributed by atoms with van der Waals surface area (Å²) in [6.07, 6.45) is 0.942. The van der Waals surface area contributed by atoms with Gasteiger partial charge >= 0.3 is 0 Å². The molecule has 1 saturated heterocycles. The number of thioether (sulfide) groups is 1. The minimum Gasteiger partial charge on any atom is -0.378 e. The molecule has 1 aliphatic heterocycles. The second-order valence-electron chi connectivity index (χ2n) is 7.36. The summed E-state index contributed by atoms with van der Waals surface area (Å²) in [6, 6.07) is 14.5. The van der Waals surface area contributed by atoms with E-state index >= 15 is 0 Å². The van der Waals surface area contributed by atoms with Crippen LogP contribution in [0.5, 0.6) is 0 Å². The maximum absolute atomic E-state index is 12.8. The van der Waals surface area contributed by atoms with Gasteiger partial charge in [-0.25, -0.2) is 0 Å². The van der Waals surface area contributed by atoms with E-state index in [1.54, 1.807) is 0 Å². The number of anilines is 1. The van der Waals surface area contributed by atoms with Crippen molar-refractivity contribution in [3.63, 3.8) is 0 Å². The van der Waals surface area contributed by atoms with Crippen molar-refractivity contribution in [2.45, 2.75) is 11.6 Å². The Morgan fingerprint density at radius 1 is 1.07 bits per heavy atom. The highest BCUT2D eigenvalue weighted by Gasteiger charge is 2.21. The molecular formula is C22H22N4O2S. The Morgan fingerprint density at radius 3 is 2.72 bits per heavy atom. The summed E-state index contributed by atoms with van der Waals surface area (Å²) in [6.45, 7) is 3.03. The first kappa shape index (κ1) is 18.4. The molecule has 1 fully saturated rings. The summed E-state index contributed by atoms with van der Waals surface area (Å²) in [5, 5.41) is 9.35. The van der Waals surface area contributed by atoms with E-state index in [0.717, 1.165) is 36.2 Å². The first-order chi connectivity index (χ1) is 14.2. The maximum atomic E-state index is 12.8. The molecule has 3 aromatic rings. The first-order valence-electron chi connectivity index (χ1n) is 9.80. The molecule has 148 valence electrons. The third-order valence-electron chi connectivity index (χ3n) is 5.56. The van der Waals surface area contributed by atoms with Crippen molar-refractivity contribution in [1.82, 2.24) is 14.8 Å². The SMILES string of the molecule is Cn1c(SCC(=O)c2ccc3c(c2)-c2ccccc2C3)nnc1N1CCOCC1. The van der Waals surface area contributed by atoms with Crippen molar-refractivity contribution in [2.75, 3.05) is 37.0 Å². The first-order valence-corrected chi connectivity index (χ1v) is 10.8. The van der Waals surface area contributed by atoms with E-state index in [-0.39, 0.29) is 5.78 Å². The number of nitrogens with zero attached hydrogens (tertiary/aromatic N) is 4. The molecule has 1 aliphatic carbocycles. The monoisotopic (exact) mass is 406 g/mol. The molecule has 7 heteroatoms. The van der Waals surface area contributed by atoms with Gasteiger partial charge in [0.25, 0.3) is 0 Å². The number of benzene rings is 2. The Bertz CT molecular complexity index is 1070. The van der Waals surface area contributed by atoms with Gasteiger partial charge in [-0.1, -0.05) is 48.2 Å². The summed E-state index contributed by atoms with van der Waals surface area (Å²) in [7, 11) is 1.95. The van der Waals surface area contributed by atoms with Crippen LogP contribution >= 0.6 is 11.8 Å². The Balaban J connectivity index is 1.29. The quantitative estimate of drug-likeness (QED) is 0.375. The number of carbonyl (C=O) groups is 1. The van der Waals surface area contributed by atoms with Crippen molar-refractivity contribution in [3.05, 3.63) is 59.2 Å². The molecule has 2 heterocycles. The molecule has 0 saturated carbocycles. The van der Waals surface area contributed by atoms with Crippen molar-refractivity contribution < 1.29 is 9.53 Å². The van der Waals surface area contributed by atoms with Gasteiger partial charge in [0.15, 0.2) is 10.9 Å². The summed E-state index contributed by atoms with van der Waals surface area (Å²) < 4.78 is 7.36. The fraction of sp³-hybridized carbons (Fsp3) is 0.318. The lowest BCUT2D eigenvalue weighted by atomic mass is 10.0.